The summed E-state index contributed by atoms with van der Waals surface area (Å²) in [5, 5.41) is 15.5. The van der Waals surface area contributed by atoms with Crippen molar-refractivity contribution in [3.63, 3.8) is 0 Å². The zero-order chi connectivity index (χ0) is 21.8. The third-order valence-electron chi connectivity index (χ3n) is 4.78. The van der Waals surface area contributed by atoms with Crippen molar-refractivity contribution < 1.29 is 14.6 Å². The van der Waals surface area contributed by atoms with Gasteiger partial charge in [-0.1, -0.05) is 53.5 Å². The number of phenols is 1. The summed E-state index contributed by atoms with van der Waals surface area (Å²) in [6.45, 7) is -0.186. The Balaban J connectivity index is 1.68. The van der Waals surface area contributed by atoms with Gasteiger partial charge in [0.25, 0.3) is 5.91 Å². The molecule has 0 aliphatic carbocycles. The van der Waals surface area contributed by atoms with Gasteiger partial charge in [-0.2, -0.15) is 0 Å². The maximum Gasteiger partial charge on any atom is 0.258 e. The number of carbonyl (C=O) groups is 1. The van der Waals surface area contributed by atoms with Crippen LogP contribution in [0.1, 0.15) is 17.2 Å². The summed E-state index contributed by atoms with van der Waals surface area (Å²) >= 11 is 12.5. The molecule has 0 radical (unpaired) electrons. The maximum atomic E-state index is 12.7. The van der Waals surface area contributed by atoms with Gasteiger partial charge in [-0.15, -0.1) is 0 Å². The lowest BCUT2D eigenvalue weighted by molar-refractivity contribution is -0.123. The quantitative estimate of drug-likeness (QED) is 0.403. The first kappa shape index (κ1) is 21.0. The second-order valence-electron chi connectivity index (χ2n) is 6.85. The number of pyridine rings is 1. The summed E-state index contributed by atoms with van der Waals surface area (Å²) in [5.74, 6) is 0.172. The van der Waals surface area contributed by atoms with E-state index in [2.05, 4.69) is 10.3 Å². The number of hydrogen-bond acceptors (Lipinski definition) is 4. The molecule has 5 nitrogen and oxygen atoms in total. The number of aromatic hydroxyl groups is 1. The summed E-state index contributed by atoms with van der Waals surface area (Å²) in [4.78, 5) is 17.0. The molecule has 0 saturated heterocycles. The zero-order valence-corrected chi connectivity index (χ0v) is 17.8. The summed E-state index contributed by atoms with van der Waals surface area (Å²) < 4.78 is 5.55. The van der Waals surface area contributed by atoms with Crippen LogP contribution in [0.4, 0.5) is 0 Å². The standard InChI is InChI=1S/C24H18Cl2N2O3/c25-16-10-8-15(9-11-16)22(28-21(29)14-31-17-5-2-1-3-6-17)19-13-20(26)18-7-4-12-27-23(18)24(19)30/h1-13,22,30H,14H2,(H,28,29)/t22-/m0/s1. The Bertz CT molecular complexity index is 1210. The Morgan fingerprint density at radius 2 is 1.77 bits per heavy atom. The lowest BCUT2D eigenvalue weighted by atomic mass is 9.96. The number of benzene rings is 3. The monoisotopic (exact) mass is 452 g/mol. The van der Waals surface area contributed by atoms with Crippen LogP contribution >= 0.6 is 23.2 Å². The van der Waals surface area contributed by atoms with Crippen LogP contribution in [0, 0.1) is 0 Å². The van der Waals surface area contributed by atoms with Gasteiger partial charge in [0, 0.05) is 22.2 Å². The summed E-state index contributed by atoms with van der Waals surface area (Å²) in [6, 6.07) is 20.5. The minimum atomic E-state index is -0.687. The predicted molar refractivity (Wildman–Crippen MR) is 122 cm³/mol. The topological polar surface area (TPSA) is 71.5 Å². The van der Waals surface area contributed by atoms with Crippen molar-refractivity contribution in [2.45, 2.75) is 6.04 Å². The lowest BCUT2D eigenvalue weighted by Crippen LogP contribution is -2.33. The fourth-order valence-electron chi connectivity index (χ4n) is 3.29. The van der Waals surface area contributed by atoms with Crippen LogP contribution in [0.25, 0.3) is 10.9 Å². The molecule has 1 aromatic heterocycles. The Morgan fingerprint density at radius 1 is 1.03 bits per heavy atom. The number of nitrogens with one attached hydrogen (secondary N) is 1. The largest absolute Gasteiger partial charge is 0.505 e. The fourth-order valence-corrected chi connectivity index (χ4v) is 3.69. The van der Waals surface area contributed by atoms with E-state index < -0.39 is 6.04 Å². The van der Waals surface area contributed by atoms with Crippen LogP contribution in [0.3, 0.4) is 0 Å². The van der Waals surface area contributed by atoms with Crippen molar-refractivity contribution in [3.05, 3.63) is 100 Å². The van der Waals surface area contributed by atoms with Crippen molar-refractivity contribution in [2.24, 2.45) is 0 Å². The SMILES string of the molecule is O=C(COc1ccccc1)N[C@@H](c1ccc(Cl)cc1)c1cc(Cl)c2cccnc2c1O. The third-order valence-corrected chi connectivity index (χ3v) is 5.34. The Kier molecular flexibility index (Phi) is 6.26. The molecule has 1 atom stereocenters. The van der Waals surface area contributed by atoms with Gasteiger partial charge in [0.2, 0.25) is 0 Å². The van der Waals surface area contributed by atoms with Crippen molar-refractivity contribution in [1.29, 1.82) is 0 Å². The average Bonchev–Trinajstić information content (AvgIpc) is 2.80. The van der Waals surface area contributed by atoms with Gasteiger partial charge in [0.05, 0.1) is 11.1 Å². The summed E-state index contributed by atoms with van der Waals surface area (Å²) in [5.41, 5.74) is 1.50. The highest BCUT2D eigenvalue weighted by atomic mass is 35.5. The number of para-hydroxylation sites is 1. The molecule has 7 heteroatoms. The minimum absolute atomic E-state index is 0.0516. The van der Waals surface area contributed by atoms with Crippen molar-refractivity contribution in [1.82, 2.24) is 10.3 Å². The molecule has 0 spiro atoms. The van der Waals surface area contributed by atoms with E-state index in [1.165, 1.54) is 0 Å². The summed E-state index contributed by atoms with van der Waals surface area (Å²) in [7, 11) is 0. The van der Waals surface area contributed by atoms with Crippen LogP contribution < -0.4 is 10.1 Å². The molecule has 2 N–H and O–H groups in total. The number of amides is 1. The molecule has 4 rings (SSSR count). The number of carbonyl (C=O) groups excluding carboxylic acids is 1. The predicted octanol–water partition coefficient (Wildman–Crippen LogP) is 5.53. The van der Waals surface area contributed by atoms with Crippen LogP contribution in [-0.2, 0) is 4.79 Å². The number of hydrogen-bond donors (Lipinski definition) is 2. The van der Waals surface area contributed by atoms with Crippen molar-refractivity contribution in [2.75, 3.05) is 6.61 Å². The third kappa shape index (κ3) is 4.74. The molecule has 0 aliphatic rings. The first-order valence-electron chi connectivity index (χ1n) is 9.51. The van der Waals surface area contributed by atoms with Gasteiger partial charge < -0.3 is 15.2 Å². The van der Waals surface area contributed by atoms with Gasteiger partial charge >= 0.3 is 0 Å². The Labute approximate surface area is 189 Å². The van der Waals surface area contributed by atoms with Crippen molar-refractivity contribution >= 4 is 40.0 Å². The molecule has 0 bridgehead atoms. The van der Waals surface area contributed by atoms with Crippen LogP contribution in [0.2, 0.25) is 10.0 Å². The van der Waals surface area contributed by atoms with Gasteiger partial charge in [-0.3, -0.25) is 9.78 Å². The van der Waals surface area contributed by atoms with E-state index in [0.717, 1.165) is 5.56 Å². The zero-order valence-electron chi connectivity index (χ0n) is 16.3. The number of halogens is 2. The highest BCUT2D eigenvalue weighted by Gasteiger charge is 2.23. The fraction of sp³-hybridized carbons (Fsp3) is 0.0833. The molecular weight excluding hydrogens is 435 g/mol. The average molecular weight is 453 g/mol. The lowest BCUT2D eigenvalue weighted by Gasteiger charge is -2.22. The highest BCUT2D eigenvalue weighted by Crippen LogP contribution is 2.38. The van der Waals surface area contributed by atoms with E-state index in [-0.39, 0.29) is 18.3 Å². The number of ether oxygens (including phenoxy) is 1. The van der Waals surface area contributed by atoms with Crippen LogP contribution in [-0.4, -0.2) is 22.6 Å². The number of phenolic OH excluding ortho intramolecular Hbond substituents is 1. The maximum absolute atomic E-state index is 12.7. The molecule has 1 heterocycles. The molecular formula is C24H18Cl2N2O3. The molecule has 31 heavy (non-hydrogen) atoms. The first-order chi connectivity index (χ1) is 15.0. The molecule has 4 aromatic rings. The van der Waals surface area contributed by atoms with Gasteiger partial charge in [-0.25, -0.2) is 0 Å². The minimum Gasteiger partial charge on any atom is -0.505 e. The van der Waals surface area contributed by atoms with E-state index in [0.29, 0.717) is 32.3 Å². The second-order valence-corrected chi connectivity index (χ2v) is 7.69. The summed E-state index contributed by atoms with van der Waals surface area (Å²) in [6.07, 6.45) is 1.58. The van der Waals surface area contributed by atoms with Gasteiger partial charge in [-0.05, 0) is 48.0 Å². The van der Waals surface area contributed by atoms with Crippen LogP contribution in [0.15, 0.2) is 79.0 Å². The smallest absolute Gasteiger partial charge is 0.258 e. The van der Waals surface area contributed by atoms with E-state index in [9.17, 15) is 9.90 Å². The normalized spacial score (nSPS) is 11.8. The number of aromatic nitrogens is 1. The van der Waals surface area contributed by atoms with E-state index >= 15 is 0 Å². The Morgan fingerprint density at radius 3 is 2.52 bits per heavy atom. The first-order valence-corrected chi connectivity index (χ1v) is 10.3. The molecule has 0 unspecified atom stereocenters. The van der Waals surface area contributed by atoms with Gasteiger partial charge in [0.1, 0.15) is 17.0 Å². The molecule has 0 saturated carbocycles. The molecule has 156 valence electrons. The number of fused-ring (bicyclic) bond motifs is 1. The number of nitrogens with zero attached hydrogens (tertiary/aromatic N) is 1. The highest BCUT2D eigenvalue weighted by molar-refractivity contribution is 6.35. The molecule has 1 amide bonds. The second kappa shape index (κ2) is 9.25. The van der Waals surface area contributed by atoms with Gasteiger partial charge in [0.15, 0.2) is 6.61 Å². The van der Waals surface area contributed by atoms with E-state index in [1.807, 2.05) is 18.2 Å². The van der Waals surface area contributed by atoms with E-state index in [4.69, 9.17) is 27.9 Å². The Hall–Kier alpha value is -3.28. The van der Waals surface area contributed by atoms with Crippen LogP contribution in [0.5, 0.6) is 11.5 Å². The number of rotatable bonds is 6. The molecule has 3 aromatic carbocycles. The van der Waals surface area contributed by atoms with E-state index in [1.54, 1.807) is 60.8 Å². The van der Waals surface area contributed by atoms with Crippen molar-refractivity contribution in [3.8, 4) is 11.5 Å². The molecule has 0 fully saturated rings. The molecule has 0 aliphatic heterocycles.